The van der Waals surface area contributed by atoms with E-state index in [9.17, 15) is 13.2 Å². The minimum Gasteiger partial charge on any atom is -0.481 e. The van der Waals surface area contributed by atoms with Crippen LogP contribution in [0, 0.1) is 5.41 Å². The van der Waals surface area contributed by atoms with Crippen LogP contribution in [0.3, 0.4) is 0 Å². The molecule has 8 nitrogen and oxygen atoms in total. The van der Waals surface area contributed by atoms with Crippen LogP contribution in [0.15, 0.2) is 90.0 Å². The lowest BCUT2D eigenvalue weighted by Crippen LogP contribution is -2.21. The van der Waals surface area contributed by atoms with Gasteiger partial charge in [-0.2, -0.15) is 0 Å². The van der Waals surface area contributed by atoms with Crippen LogP contribution in [0.2, 0.25) is 5.02 Å². The molecule has 11 heteroatoms. The third kappa shape index (κ3) is 6.65. The molecule has 194 valence electrons. The SMILES string of the molecule is COc1ccc(NC(=O)C(=N)/C=C(\Nc2ccccc2Cl)c2ccc(-c3cccc(S(C)(=O)=O)c3)s2)cn1. The van der Waals surface area contributed by atoms with E-state index in [-0.39, 0.29) is 10.6 Å². The molecule has 1 amide bonds. The summed E-state index contributed by atoms with van der Waals surface area (Å²) in [5, 5.41) is 14.8. The van der Waals surface area contributed by atoms with Crippen molar-refractivity contribution >= 4 is 61.5 Å². The van der Waals surface area contributed by atoms with Gasteiger partial charge in [-0.05, 0) is 54.1 Å². The maximum absolute atomic E-state index is 12.8. The van der Waals surface area contributed by atoms with Gasteiger partial charge in [0.25, 0.3) is 5.91 Å². The van der Waals surface area contributed by atoms with Crippen LogP contribution in [-0.4, -0.2) is 38.4 Å². The fourth-order valence-electron chi connectivity index (χ4n) is 3.38. The smallest absolute Gasteiger partial charge is 0.273 e. The average molecular weight is 567 g/mol. The molecule has 0 radical (unpaired) electrons. The number of hydrogen-bond acceptors (Lipinski definition) is 8. The number of aromatic nitrogens is 1. The zero-order chi connectivity index (χ0) is 27.3. The summed E-state index contributed by atoms with van der Waals surface area (Å²) in [4.78, 5) is 18.6. The van der Waals surface area contributed by atoms with Crippen molar-refractivity contribution in [2.24, 2.45) is 0 Å². The lowest BCUT2D eigenvalue weighted by atomic mass is 10.2. The minimum absolute atomic E-state index is 0.223. The van der Waals surface area contributed by atoms with Gasteiger partial charge in [-0.15, -0.1) is 11.3 Å². The largest absolute Gasteiger partial charge is 0.481 e. The highest BCUT2D eigenvalue weighted by Gasteiger charge is 2.15. The zero-order valence-electron chi connectivity index (χ0n) is 20.4. The number of sulfone groups is 1. The first-order chi connectivity index (χ1) is 18.1. The molecule has 2 aromatic heterocycles. The number of halogens is 1. The molecule has 0 aliphatic rings. The second-order valence-electron chi connectivity index (χ2n) is 8.08. The molecule has 0 aliphatic heterocycles. The van der Waals surface area contributed by atoms with Gasteiger partial charge in [-0.1, -0.05) is 35.9 Å². The molecule has 0 fully saturated rings. The molecule has 0 spiro atoms. The highest BCUT2D eigenvalue weighted by atomic mass is 35.5. The molecule has 2 aromatic carbocycles. The monoisotopic (exact) mass is 566 g/mol. The van der Waals surface area contributed by atoms with Crippen molar-refractivity contribution in [3.63, 3.8) is 0 Å². The molecule has 0 unspecified atom stereocenters. The Balaban J connectivity index is 1.65. The first-order valence-electron chi connectivity index (χ1n) is 11.2. The first kappa shape index (κ1) is 27.1. The summed E-state index contributed by atoms with van der Waals surface area (Å²) >= 11 is 7.73. The van der Waals surface area contributed by atoms with E-state index in [2.05, 4.69) is 15.6 Å². The number of nitrogens with zero attached hydrogens (tertiary/aromatic N) is 1. The number of carbonyl (C=O) groups excluding carboxylic acids is 1. The molecule has 0 bridgehead atoms. The second kappa shape index (κ2) is 11.6. The third-order valence-electron chi connectivity index (χ3n) is 5.30. The van der Waals surface area contributed by atoms with Gasteiger partial charge in [0.15, 0.2) is 9.84 Å². The number of para-hydroxylation sites is 1. The van der Waals surface area contributed by atoms with Crippen LogP contribution in [0.4, 0.5) is 11.4 Å². The van der Waals surface area contributed by atoms with Crippen LogP contribution < -0.4 is 15.4 Å². The number of rotatable bonds is 9. The van der Waals surface area contributed by atoms with Crippen molar-refractivity contribution in [2.75, 3.05) is 24.0 Å². The fourth-order valence-corrected chi connectivity index (χ4v) is 5.20. The highest BCUT2D eigenvalue weighted by Crippen LogP contribution is 2.34. The van der Waals surface area contributed by atoms with Crippen molar-refractivity contribution < 1.29 is 17.9 Å². The third-order valence-corrected chi connectivity index (χ3v) is 7.91. The number of ether oxygens (including phenoxy) is 1. The minimum atomic E-state index is -3.36. The number of nitrogens with one attached hydrogen (secondary N) is 3. The Hall–Kier alpha value is -3.99. The van der Waals surface area contributed by atoms with Gasteiger partial charge in [0.1, 0.15) is 5.71 Å². The number of methoxy groups -OCH3 is 1. The van der Waals surface area contributed by atoms with Crippen molar-refractivity contribution in [2.45, 2.75) is 4.90 Å². The Kier molecular flexibility index (Phi) is 8.26. The zero-order valence-corrected chi connectivity index (χ0v) is 22.7. The normalized spacial score (nSPS) is 11.6. The molecule has 0 atom stereocenters. The van der Waals surface area contributed by atoms with Gasteiger partial charge >= 0.3 is 0 Å². The van der Waals surface area contributed by atoms with E-state index >= 15 is 0 Å². The van der Waals surface area contributed by atoms with E-state index in [0.717, 1.165) is 10.4 Å². The van der Waals surface area contributed by atoms with E-state index in [4.69, 9.17) is 21.7 Å². The number of pyridine rings is 1. The Labute approximate surface area is 229 Å². The van der Waals surface area contributed by atoms with Crippen molar-refractivity contribution in [3.8, 4) is 16.3 Å². The lowest BCUT2D eigenvalue weighted by Gasteiger charge is -2.12. The second-order valence-corrected chi connectivity index (χ2v) is 11.6. The molecule has 0 aliphatic carbocycles. The Morgan fingerprint density at radius 2 is 1.84 bits per heavy atom. The molecule has 4 rings (SSSR count). The molecular weight excluding hydrogens is 544 g/mol. The number of amides is 1. The first-order valence-corrected chi connectivity index (χ1v) is 14.3. The summed E-state index contributed by atoms with van der Waals surface area (Å²) in [5.74, 6) is -0.229. The van der Waals surface area contributed by atoms with Gasteiger partial charge in [0.2, 0.25) is 5.88 Å². The topological polar surface area (TPSA) is 121 Å². The summed E-state index contributed by atoms with van der Waals surface area (Å²) in [7, 11) is -1.87. The average Bonchev–Trinajstić information content (AvgIpc) is 3.40. The Bertz CT molecular complexity index is 1630. The highest BCUT2D eigenvalue weighted by molar-refractivity contribution is 7.90. The van der Waals surface area contributed by atoms with Gasteiger partial charge in [0, 0.05) is 17.2 Å². The maximum atomic E-state index is 12.8. The van der Waals surface area contributed by atoms with Gasteiger partial charge < -0.3 is 15.4 Å². The predicted molar refractivity (Wildman–Crippen MR) is 153 cm³/mol. The van der Waals surface area contributed by atoms with Gasteiger partial charge in [-0.25, -0.2) is 13.4 Å². The van der Waals surface area contributed by atoms with Gasteiger partial charge in [0.05, 0.1) is 45.2 Å². The standard InChI is InChI=1S/C27H23ClN4O4S2/c1-36-26-13-10-18(16-30-26)31-27(33)21(29)15-23(32-22-9-4-3-8-20(22)28)25-12-11-24(37-25)17-6-5-7-19(14-17)38(2,34)35/h3-16,29,32H,1-2H3,(H,31,33)/b23-15-,29-21?. The molecule has 38 heavy (non-hydrogen) atoms. The molecule has 3 N–H and O–H groups in total. The van der Waals surface area contributed by atoms with Gasteiger partial charge in [-0.3, -0.25) is 10.2 Å². The van der Waals surface area contributed by atoms with Crippen LogP contribution in [-0.2, 0) is 14.6 Å². The molecule has 0 saturated carbocycles. The quantitative estimate of drug-likeness (QED) is 0.214. The Morgan fingerprint density at radius 3 is 2.53 bits per heavy atom. The van der Waals surface area contributed by atoms with Crippen LogP contribution >= 0.6 is 22.9 Å². The number of anilines is 2. The van der Waals surface area contributed by atoms with E-state index in [0.29, 0.717) is 32.9 Å². The van der Waals surface area contributed by atoms with Crippen LogP contribution in [0.5, 0.6) is 5.88 Å². The lowest BCUT2D eigenvalue weighted by molar-refractivity contribution is -0.110. The van der Waals surface area contributed by atoms with Crippen molar-refractivity contribution in [1.82, 2.24) is 4.98 Å². The van der Waals surface area contributed by atoms with Crippen molar-refractivity contribution in [3.05, 3.63) is 95.0 Å². The van der Waals surface area contributed by atoms with E-state index in [1.807, 2.05) is 24.3 Å². The van der Waals surface area contributed by atoms with E-state index in [1.165, 1.54) is 37.0 Å². The summed E-state index contributed by atoms with van der Waals surface area (Å²) in [5.41, 5.74) is 1.92. The Morgan fingerprint density at radius 1 is 1.05 bits per heavy atom. The maximum Gasteiger partial charge on any atom is 0.273 e. The van der Waals surface area contributed by atoms with Crippen molar-refractivity contribution in [1.29, 1.82) is 5.41 Å². The van der Waals surface area contributed by atoms with Crippen LogP contribution in [0.25, 0.3) is 16.1 Å². The summed E-state index contributed by atoms with van der Waals surface area (Å²) < 4.78 is 29.0. The summed E-state index contributed by atoms with van der Waals surface area (Å²) in [6.07, 6.45) is 4.02. The number of carbonyl (C=O) groups is 1. The number of thiophene rings is 1. The summed E-state index contributed by atoms with van der Waals surface area (Å²) in [6, 6.07) is 20.7. The molecule has 0 saturated heterocycles. The van der Waals surface area contributed by atoms with E-state index in [1.54, 1.807) is 48.5 Å². The van der Waals surface area contributed by atoms with Crippen LogP contribution in [0.1, 0.15) is 4.88 Å². The number of benzene rings is 2. The fraction of sp³-hybridized carbons (Fsp3) is 0.0741. The number of hydrogen-bond donors (Lipinski definition) is 3. The molecular formula is C27H23ClN4O4S2. The molecule has 2 heterocycles. The predicted octanol–water partition coefficient (Wildman–Crippen LogP) is 5.99. The van der Waals surface area contributed by atoms with E-state index < -0.39 is 15.7 Å². The summed E-state index contributed by atoms with van der Waals surface area (Å²) in [6.45, 7) is 0. The molecule has 4 aromatic rings.